The van der Waals surface area contributed by atoms with Crippen LogP contribution in [0.25, 0.3) is 10.1 Å². The summed E-state index contributed by atoms with van der Waals surface area (Å²) < 4.78 is 2.80. The van der Waals surface area contributed by atoms with E-state index in [4.69, 9.17) is 0 Å². The normalized spacial score (nSPS) is 17.5. The Morgan fingerprint density at radius 3 is 2.24 bits per heavy atom. The highest BCUT2D eigenvalue weighted by Crippen LogP contribution is 2.51. The van der Waals surface area contributed by atoms with Gasteiger partial charge in [0.2, 0.25) is 0 Å². The van der Waals surface area contributed by atoms with Gasteiger partial charge < -0.3 is 9.80 Å². The highest BCUT2D eigenvalue weighted by molar-refractivity contribution is 7.33. The van der Waals surface area contributed by atoms with E-state index < -0.39 is 0 Å². The van der Waals surface area contributed by atoms with Crippen molar-refractivity contribution in [1.29, 1.82) is 0 Å². The van der Waals surface area contributed by atoms with Crippen LogP contribution < -0.4 is 25.5 Å². The second-order valence-corrected chi connectivity index (χ2v) is 15.6. The van der Waals surface area contributed by atoms with Gasteiger partial charge in [0.1, 0.15) is 0 Å². The Labute approximate surface area is 277 Å². The van der Waals surface area contributed by atoms with Crippen LogP contribution in [0.4, 0.5) is 34.1 Å². The molecular formula is C42H39BN2S. The van der Waals surface area contributed by atoms with Gasteiger partial charge in [0.05, 0.1) is 5.69 Å². The van der Waals surface area contributed by atoms with Gasteiger partial charge in [-0.15, -0.1) is 11.3 Å². The third-order valence-electron chi connectivity index (χ3n) is 11.0. The SMILES string of the molecule is Cc1ccccc1N1c2cccc3c2B(c2cc4c(cc2N3c2ccccc2)C(C(C)C)CCC4(C)C)c2sc3ccccc3c21. The molecule has 4 heteroatoms. The van der Waals surface area contributed by atoms with Gasteiger partial charge in [-0.25, -0.2) is 0 Å². The zero-order valence-electron chi connectivity index (χ0n) is 27.3. The summed E-state index contributed by atoms with van der Waals surface area (Å²) in [6.07, 6.45) is 2.48. The maximum Gasteiger partial charge on any atom is 0.264 e. The summed E-state index contributed by atoms with van der Waals surface area (Å²) in [6, 6.07) is 41.2. The number of aryl methyl sites for hydroxylation is 1. The third kappa shape index (κ3) is 3.89. The molecule has 0 fully saturated rings. The van der Waals surface area contributed by atoms with Crippen molar-refractivity contribution in [2.45, 2.75) is 58.8 Å². The molecule has 1 aromatic heterocycles. The zero-order chi connectivity index (χ0) is 31.3. The number of nitrogens with zero attached hydrogens (tertiary/aromatic N) is 2. The van der Waals surface area contributed by atoms with E-state index in [0.29, 0.717) is 11.8 Å². The van der Waals surface area contributed by atoms with Crippen molar-refractivity contribution in [3.63, 3.8) is 0 Å². The van der Waals surface area contributed by atoms with E-state index in [1.165, 1.54) is 78.3 Å². The van der Waals surface area contributed by atoms with Gasteiger partial charge in [0, 0.05) is 43.3 Å². The summed E-state index contributed by atoms with van der Waals surface area (Å²) in [5.74, 6) is 1.17. The van der Waals surface area contributed by atoms with Gasteiger partial charge >= 0.3 is 0 Å². The monoisotopic (exact) mass is 614 g/mol. The summed E-state index contributed by atoms with van der Waals surface area (Å²) in [5, 5.41) is 1.34. The number of hydrogen-bond acceptors (Lipinski definition) is 3. The van der Waals surface area contributed by atoms with E-state index in [-0.39, 0.29) is 12.1 Å². The summed E-state index contributed by atoms with van der Waals surface area (Å²) in [4.78, 5) is 5.14. The Morgan fingerprint density at radius 2 is 1.46 bits per heavy atom. The van der Waals surface area contributed by atoms with Crippen LogP contribution in [0.2, 0.25) is 0 Å². The second-order valence-electron chi connectivity index (χ2n) is 14.5. The van der Waals surface area contributed by atoms with Crippen molar-refractivity contribution >= 4 is 78.0 Å². The van der Waals surface area contributed by atoms with Crippen LogP contribution in [-0.4, -0.2) is 6.71 Å². The van der Waals surface area contributed by atoms with Crippen molar-refractivity contribution in [2.24, 2.45) is 5.92 Å². The average Bonchev–Trinajstić information content (AvgIpc) is 3.44. The lowest BCUT2D eigenvalue weighted by Gasteiger charge is -2.45. The smallest absolute Gasteiger partial charge is 0.264 e. The lowest BCUT2D eigenvalue weighted by molar-refractivity contribution is 0.346. The largest absolute Gasteiger partial charge is 0.311 e. The number of anilines is 6. The van der Waals surface area contributed by atoms with Crippen LogP contribution in [0.1, 0.15) is 63.1 Å². The molecule has 1 atom stereocenters. The topological polar surface area (TPSA) is 6.48 Å². The van der Waals surface area contributed by atoms with Crippen LogP contribution in [-0.2, 0) is 5.41 Å². The van der Waals surface area contributed by atoms with Crippen LogP contribution in [0.5, 0.6) is 0 Å². The first-order valence-electron chi connectivity index (χ1n) is 16.9. The quantitative estimate of drug-likeness (QED) is 0.183. The Hall–Kier alpha value is -4.28. The molecule has 6 aromatic rings. The number of fused-ring (bicyclic) bond motifs is 7. The Balaban J connectivity index is 1.42. The maximum atomic E-state index is 2.65. The fourth-order valence-electron chi connectivity index (χ4n) is 8.74. The van der Waals surface area contributed by atoms with Crippen LogP contribution in [0, 0.1) is 12.8 Å². The van der Waals surface area contributed by atoms with Gasteiger partial charge in [0.25, 0.3) is 6.71 Å². The molecule has 1 unspecified atom stereocenters. The minimum Gasteiger partial charge on any atom is -0.311 e. The summed E-state index contributed by atoms with van der Waals surface area (Å²) in [6.45, 7) is 12.2. The van der Waals surface area contributed by atoms with Crippen LogP contribution in [0.3, 0.4) is 0 Å². The van der Waals surface area contributed by atoms with Crippen molar-refractivity contribution in [1.82, 2.24) is 0 Å². The predicted octanol–water partition coefficient (Wildman–Crippen LogP) is 10.1. The molecule has 2 nitrogen and oxygen atoms in total. The molecule has 9 rings (SSSR count). The van der Waals surface area contributed by atoms with E-state index in [9.17, 15) is 0 Å². The first-order valence-corrected chi connectivity index (χ1v) is 17.7. The first-order chi connectivity index (χ1) is 22.3. The number of thiophene rings is 1. The third-order valence-corrected chi connectivity index (χ3v) is 12.3. The number of hydrogen-bond donors (Lipinski definition) is 0. The Kier molecular flexibility index (Phi) is 6.15. The molecule has 5 aromatic carbocycles. The molecule has 0 N–H and O–H groups in total. The summed E-state index contributed by atoms with van der Waals surface area (Å²) in [7, 11) is 0. The Morgan fingerprint density at radius 1 is 0.761 bits per heavy atom. The first kappa shape index (κ1) is 28.0. The summed E-state index contributed by atoms with van der Waals surface area (Å²) >= 11 is 1.99. The zero-order valence-corrected chi connectivity index (χ0v) is 28.2. The van der Waals surface area contributed by atoms with Crippen molar-refractivity contribution in [3.05, 3.63) is 126 Å². The minimum absolute atomic E-state index is 0.137. The molecule has 46 heavy (non-hydrogen) atoms. The van der Waals surface area contributed by atoms with Crippen molar-refractivity contribution in [2.75, 3.05) is 9.80 Å². The van der Waals surface area contributed by atoms with Gasteiger partial charge in [-0.1, -0.05) is 94.4 Å². The lowest BCUT2D eigenvalue weighted by atomic mass is 9.35. The molecule has 0 saturated heterocycles. The van der Waals surface area contributed by atoms with E-state index in [1.807, 2.05) is 11.3 Å². The molecule has 0 radical (unpaired) electrons. The second kappa shape index (κ2) is 10.1. The van der Waals surface area contributed by atoms with Crippen LogP contribution >= 0.6 is 11.3 Å². The van der Waals surface area contributed by atoms with E-state index in [0.717, 1.165) is 0 Å². The van der Waals surface area contributed by atoms with Gasteiger partial charge in [-0.2, -0.15) is 0 Å². The predicted molar refractivity (Wildman–Crippen MR) is 200 cm³/mol. The number of benzene rings is 5. The molecule has 226 valence electrons. The molecular weight excluding hydrogens is 575 g/mol. The Bertz CT molecular complexity index is 2160. The van der Waals surface area contributed by atoms with Crippen LogP contribution in [0.15, 0.2) is 109 Å². The van der Waals surface area contributed by atoms with Gasteiger partial charge in [0.15, 0.2) is 0 Å². The van der Waals surface area contributed by atoms with E-state index >= 15 is 0 Å². The van der Waals surface area contributed by atoms with Crippen molar-refractivity contribution in [3.8, 4) is 0 Å². The molecule has 0 spiro atoms. The molecule has 3 aliphatic rings. The molecule has 0 bridgehead atoms. The number of para-hydroxylation sites is 2. The molecule has 0 saturated carbocycles. The lowest BCUT2D eigenvalue weighted by Crippen LogP contribution is -2.60. The fourth-order valence-corrected chi connectivity index (χ4v) is 10.1. The summed E-state index contributed by atoms with van der Waals surface area (Å²) in [5.41, 5.74) is 15.1. The van der Waals surface area contributed by atoms with Gasteiger partial charge in [-0.3, -0.25) is 0 Å². The highest BCUT2D eigenvalue weighted by atomic mass is 32.1. The van der Waals surface area contributed by atoms with E-state index in [1.54, 1.807) is 11.1 Å². The van der Waals surface area contributed by atoms with Gasteiger partial charge in [-0.05, 0) is 107 Å². The number of rotatable bonds is 3. The van der Waals surface area contributed by atoms with E-state index in [2.05, 4.69) is 154 Å². The fraction of sp³-hybridized carbons (Fsp3) is 0.238. The molecule has 0 amide bonds. The standard InChI is InChI=1S/C42H39BN2S/c1-26(2)29-22-23-42(4,5)32-25-33-37(24-31(29)32)44(28-15-7-6-8-16-28)35-19-13-20-36-39(35)43(33)41-40(30-17-10-12-21-38(30)46-41)45(36)34-18-11-9-14-27(34)3/h6-21,24-26,29H,22-23H2,1-5H3. The highest BCUT2D eigenvalue weighted by Gasteiger charge is 2.47. The van der Waals surface area contributed by atoms with Crippen molar-refractivity contribution < 1.29 is 0 Å². The molecule has 2 aliphatic heterocycles. The minimum atomic E-state index is 0.137. The molecule has 3 heterocycles. The molecule has 1 aliphatic carbocycles. The maximum absolute atomic E-state index is 2.65. The average molecular weight is 615 g/mol.